The normalized spacial score (nSPS) is 21.3. The fraction of sp³-hybridized carbons (Fsp3) is 0.455. The molecule has 5 heterocycles. The van der Waals surface area contributed by atoms with E-state index in [0.29, 0.717) is 18.2 Å². The first-order valence-electron chi connectivity index (χ1n) is 10.7. The SMILES string of the molecule is CNC(=O)[C@@H]1CCCN(c2ncnc3c2CN(c2cc(Cl)nc4[nH]ccc24)[C@H](C)C3)C1. The van der Waals surface area contributed by atoms with Crippen LogP contribution in [-0.4, -0.2) is 52.0 Å². The molecule has 0 saturated carbocycles. The second kappa shape index (κ2) is 8.00. The maximum Gasteiger partial charge on any atom is 0.224 e. The first kappa shape index (κ1) is 20.1. The topological polar surface area (TPSA) is 90.0 Å². The highest BCUT2D eigenvalue weighted by Gasteiger charge is 2.32. The number of fused-ring (bicyclic) bond motifs is 2. The molecule has 0 bridgehead atoms. The number of aromatic nitrogens is 4. The number of aromatic amines is 1. The van der Waals surface area contributed by atoms with Crippen LogP contribution in [0.3, 0.4) is 0 Å². The molecule has 2 atom stereocenters. The summed E-state index contributed by atoms with van der Waals surface area (Å²) in [6, 6.07) is 4.23. The van der Waals surface area contributed by atoms with Crippen LogP contribution >= 0.6 is 11.6 Å². The van der Waals surface area contributed by atoms with Crippen LogP contribution in [0.2, 0.25) is 5.15 Å². The van der Waals surface area contributed by atoms with Gasteiger partial charge in [-0.25, -0.2) is 15.0 Å². The summed E-state index contributed by atoms with van der Waals surface area (Å²) in [6.45, 7) is 4.48. The van der Waals surface area contributed by atoms with Gasteiger partial charge in [0.25, 0.3) is 0 Å². The van der Waals surface area contributed by atoms with E-state index in [1.54, 1.807) is 13.4 Å². The molecule has 1 saturated heterocycles. The number of halogens is 1. The highest BCUT2D eigenvalue weighted by Crippen LogP contribution is 2.37. The number of nitrogens with one attached hydrogen (secondary N) is 2. The molecule has 2 aliphatic rings. The lowest BCUT2D eigenvalue weighted by molar-refractivity contribution is -0.124. The molecule has 3 aromatic heterocycles. The van der Waals surface area contributed by atoms with E-state index >= 15 is 0 Å². The smallest absolute Gasteiger partial charge is 0.224 e. The number of piperidine rings is 1. The van der Waals surface area contributed by atoms with Gasteiger partial charge in [0.1, 0.15) is 22.9 Å². The molecule has 0 radical (unpaired) electrons. The number of hydrogen-bond acceptors (Lipinski definition) is 6. The first-order valence-corrected chi connectivity index (χ1v) is 11.1. The number of carbonyl (C=O) groups is 1. The second-order valence-electron chi connectivity index (χ2n) is 8.41. The molecular formula is C22H26ClN7O. The number of nitrogens with zero attached hydrogens (tertiary/aromatic N) is 5. The molecule has 0 aliphatic carbocycles. The lowest BCUT2D eigenvalue weighted by atomic mass is 9.95. The molecular weight excluding hydrogens is 414 g/mol. The minimum Gasteiger partial charge on any atom is -0.363 e. The van der Waals surface area contributed by atoms with Crippen LogP contribution < -0.4 is 15.1 Å². The van der Waals surface area contributed by atoms with Crippen molar-refractivity contribution in [3.63, 3.8) is 0 Å². The number of H-pyrrole nitrogens is 1. The Morgan fingerprint density at radius 2 is 2.23 bits per heavy atom. The van der Waals surface area contributed by atoms with Crippen molar-refractivity contribution in [2.75, 3.05) is 29.9 Å². The highest BCUT2D eigenvalue weighted by atomic mass is 35.5. The fourth-order valence-corrected chi connectivity index (χ4v) is 5.09. The number of carbonyl (C=O) groups excluding carboxylic acids is 1. The summed E-state index contributed by atoms with van der Waals surface area (Å²) in [5.41, 5.74) is 4.07. The molecule has 2 aliphatic heterocycles. The van der Waals surface area contributed by atoms with E-state index in [9.17, 15) is 4.79 Å². The molecule has 5 rings (SSSR count). The molecule has 8 nitrogen and oxygen atoms in total. The Morgan fingerprint density at radius 1 is 1.35 bits per heavy atom. The Bertz CT molecular complexity index is 1130. The molecule has 0 spiro atoms. The molecule has 162 valence electrons. The van der Waals surface area contributed by atoms with Gasteiger partial charge in [-0.1, -0.05) is 11.6 Å². The van der Waals surface area contributed by atoms with Gasteiger partial charge in [-0.15, -0.1) is 0 Å². The van der Waals surface area contributed by atoms with Crippen LogP contribution in [0.1, 0.15) is 31.0 Å². The van der Waals surface area contributed by atoms with Crippen molar-refractivity contribution >= 4 is 40.0 Å². The summed E-state index contributed by atoms with van der Waals surface area (Å²) >= 11 is 6.33. The summed E-state index contributed by atoms with van der Waals surface area (Å²) < 4.78 is 0. The average molecular weight is 440 g/mol. The Labute approximate surface area is 186 Å². The number of hydrogen-bond donors (Lipinski definition) is 2. The molecule has 9 heteroatoms. The maximum atomic E-state index is 12.2. The van der Waals surface area contributed by atoms with Crippen LogP contribution in [0.5, 0.6) is 0 Å². The third kappa shape index (κ3) is 3.59. The van der Waals surface area contributed by atoms with Gasteiger partial charge >= 0.3 is 0 Å². The van der Waals surface area contributed by atoms with E-state index in [1.165, 1.54) is 0 Å². The van der Waals surface area contributed by atoms with Crippen LogP contribution in [0, 0.1) is 5.92 Å². The third-order valence-electron chi connectivity index (χ3n) is 6.48. The summed E-state index contributed by atoms with van der Waals surface area (Å²) in [6.07, 6.45) is 6.26. The standard InChI is InChI=1S/C22H26ClN7O/c1-13-8-17-16(11-30(13)18-9-19(23)28-20-15(18)5-6-25-20)21(27-12-26-17)29-7-3-4-14(10-29)22(31)24-2/h5-6,9,12-14H,3-4,7-8,10-11H2,1-2H3,(H,24,31)(H,25,28)/t13-,14-/m1/s1. The van der Waals surface area contributed by atoms with Crippen molar-refractivity contribution in [3.05, 3.63) is 41.1 Å². The van der Waals surface area contributed by atoms with Gasteiger partial charge in [-0.2, -0.15) is 0 Å². The van der Waals surface area contributed by atoms with Gasteiger partial charge in [0, 0.05) is 56.3 Å². The zero-order chi connectivity index (χ0) is 21.5. The van der Waals surface area contributed by atoms with Gasteiger partial charge in [-0.3, -0.25) is 4.79 Å². The molecule has 3 aromatic rings. The lowest BCUT2D eigenvalue weighted by Crippen LogP contribution is -2.44. The number of rotatable bonds is 3. The van der Waals surface area contributed by atoms with E-state index < -0.39 is 0 Å². The summed E-state index contributed by atoms with van der Waals surface area (Å²) in [4.78, 5) is 33.7. The summed E-state index contributed by atoms with van der Waals surface area (Å²) in [5.74, 6) is 1.03. The molecule has 1 fully saturated rings. The summed E-state index contributed by atoms with van der Waals surface area (Å²) in [5, 5.41) is 4.32. The van der Waals surface area contributed by atoms with Gasteiger partial charge in [-0.05, 0) is 31.9 Å². The number of amides is 1. The Morgan fingerprint density at radius 3 is 3.06 bits per heavy atom. The highest BCUT2D eigenvalue weighted by molar-refractivity contribution is 6.30. The second-order valence-corrected chi connectivity index (χ2v) is 8.79. The molecule has 2 N–H and O–H groups in total. The quantitative estimate of drug-likeness (QED) is 0.610. The summed E-state index contributed by atoms with van der Waals surface area (Å²) in [7, 11) is 1.70. The van der Waals surface area contributed by atoms with Crippen molar-refractivity contribution in [2.24, 2.45) is 5.92 Å². The fourth-order valence-electron chi connectivity index (χ4n) is 4.90. The number of anilines is 2. The Balaban J connectivity index is 1.51. The lowest BCUT2D eigenvalue weighted by Gasteiger charge is -2.39. The molecule has 31 heavy (non-hydrogen) atoms. The Hall–Kier alpha value is -2.87. The van der Waals surface area contributed by atoms with E-state index in [1.807, 2.05) is 18.3 Å². The van der Waals surface area contributed by atoms with E-state index in [0.717, 1.165) is 59.6 Å². The van der Waals surface area contributed by atoms with Crippen molar-refractivity contribution in [3.8, 4) is 0 Å². The predicted molar refractivity (Wildman–Crippen MR) is 121 cm³/mol. The largest absolute Gasteiger partial charge is 0.363 e. The Kier molecular flexibility index (Phi) is 5.17. The van der Waals surface area contributed by atoms with Crippen LogP contribution in [0.15, 0.2) is 24.7 Å². The first-order chi connectivity index (χ1) is 15.0. The van der Waals surface area contributed by atoms with Gasteiger partial charge in [0.15, 0.2) is 0 Å². The number of pyridine rings is 1. The average Bonchev–Trinajstić information content (AvgIpc) is 3.25. The van der Waals surface area contributed by atoms with Crippen molar-refractivity contribution in [1.29, 1.82) is 0 Å². The molecule has 0 aromatic carbocycles. The third-order valence-corrected chi connectivity index (χ3v) is 6.68. The van der Waals surface area contributed by atoms with Crippen molar-refractivity contribution < 1.29 is 4.79 Å². The van der Waals surface area contributed by atoms with Gasteiger partial charge < -0.3 is 20.1 Å². The molecule has 1 amide bonds. The van der Waals surface area contributed by atoms with E-state index in [2.05, 4.69) is 42.0 Å². The van der Waals surface area contributed by atoms with Crippen LogP contribution in [0.4, 0.5) is 11.5 Å². The maximum absolute atomic E-state index is 12.2. The van der Waals surface area contributed by atoms with Gasteiger partial charge in [0.05, 0.1) is 17.3 Å². The minimum atomic E-state index is -0.0125. The van der Waals surface area contributed by atoms with Crippen molar-refractivity contribution in [1.82, 2.24) is 25.3 Å². The van der Waals surface area contributed by atoms with Crippen LogP contribution in [0.25, 0.3) is 11.0 Å². The molecule has 0 unspecified atom stereocenters. The van der Waals surface area contributed by atoms with Gasteiger partial charge in [0.2, 0.25) is 5.91 Å². The minimum absolute atomic E-state index is 0.0125. The zero-order valence-electron chi connectivity index (χ0n) is 17.7. The predicted octanol–water partition coefficient (Wildman–Crippen LogP) is 2.92. The zero-order valence-corrected chi connectivity index (χ0v) is 18.5. The van der Waals surface area contributed by atoms with Crippen LogP contribution in [-0.2, 0) is 17.8 Å². The van der Waals surface area contributed by atoms with E-state index in [4.69, 9.17) is 11.6 Å². The monoisotopic (exact) mass is 439 g/mol. The van der Waals surface area contributed by atoms with E-state index in [-0.39, 0.29) is 17.9 Å². The van der Waals surface area contributed by atoms with Crippen molar-refractivity contribution in [2.45, 2.75) is 38.8 Å².